The Morgan fingerprint density at radius 3 is 1.50 bits per heavy atom. The van der Waals surface area contributed by atoms with E-state index < -0.39 is 0 Å². The first kappa shape index (κ1) is 8.86. The molecule has 0 saturated carbocycles. The van der Waals surface area contributed by atoms with Gasteiger partial charge in [-0.1, -0.05) is 0 Å². The van der Waals surface area contributed by atoms with Crippen molar-refractivity contribution in [1.29, 1.82) is 0 Å². The molecule has 0 spiro atoms. The maximum atomic E-state index is 8.00. The summed E-state index contributed by atoms with van der Waals surface area (Å²) in [7, 11) is 1.00. The Morgan fingerprint density at radius 1 is 1.50 bits per heavy atom. The van der Waals surface area contributed by atoms with Crippen molar-refractivity contribution in [2.24, 2.45) is 0 Å². The second-order valence-electron chi connectivity index (χ2n) is 0. The molecular weight excluding hydrogens is 99.9 g/mol. The Balaban J connectivity index is 0. The van der Waals surface area contributed by atoms with Crippen molar-refractivity contribution < 1.29 is 24.9 Å². The summed E-state index contributed by atoms with van der Waals surface area (Å²) in [5.41, 5.74) is 0. The van der Waals surface area contributed by atoms with Crippen molar-refractivity contribution >= 4 is 0 Å². The summed E-state index contributed by atoms with van der Waals surface area (Å²) in [4.78, 5) is 0. The number of hydrogen-bond acceptors (Lipinski definition) is 2. The topological polar surface area (TPSA) is 37.3 Å². The van der Waals surface area contributed by atoms with Gasteiger partial charge in [-0.05, 0) is 0 Å². The summed E-state index contributed by atoms with van der Waals surface area (Å²) in [6.07, 6.45) is 0. The molecule has 0 aliphatic carbocycles. The summed E-state index contributed by atoms with van der Waals surface area (Å²) in [5.74, 6) is 0. The van der Waals surface area contributed by atoms with E-state index >= 15 is 0 Å². The molecule has 0 radical (unpaired) electrons. The van der Waals surface area contributed by atoms with E-state index in [9.17, 15) is 0 Å². The number of aliphatic hydroxyl groups is 1. The van der Waals surface area contributed by atoms with Crippen molar-refractivity contribution in [1.82, 2.24) is 0 Å². The SMILES string of the molecule is CO.[O]=[Fe]. The quantitative estimate of drug-likeness (QED) is 0.420. The van der Waals surface area contributed by atoms with Crippen molar-refractivity contribution in [3.63, 3.8) is 0 Å². The van der Waals surface area contributed by atoms with Gasteiger partial charge in [0, 0.05) is 7.11 Å². The average molecular weight is 104 g/mol. The van der Waals surface area contributed by atoms with Crippen LogP contribution >= 0.6 is 0 Å². The minimum absolute atomic E-state index is 1.00. The Hall–Kier alpha value is 0.279. The Kier molecular flexibility index (Phi) is 483. The van der Waals surface area contributed by atoms with Crippen LogP contribution in [0.15, 0.2) is 0 Å². The molecule has 0 aromatic heterocycles. The van der Waals surface area contributed by atoms with E-state index in [1.165, 1.54) is 0 Å². The molecule has 28 valence electrons. The fraction of sp³-hybridized carbons (Fsp3) is 1.00. The molecule has 0 amide bonds. The van der Waals surface area contributed by atoms with Gasteiger partial charge in [0.25, 0.3) is 0 Å². The van der Waals surface area contributed by atoms with Gasteiger partial charge in [-0.15, -0.1) is 0 Å². The molecule has 0 aromatic carbocycles. The molecule has 0 aliphatic rings. The first-order chi connectivity index (χ1) is 2.00. The first-order valence-corrected chi connectivity index (χ1v) is 1.04. The molecule has 4 heavy (non-hydrogen) atoms. The van der Waals surface area contributed by atoms with Gasteiger partial charge < -0.3 is 5.11 Å². The molecule has 0 rings (SSSR count). The minimum atomic E-state index is 1.00. The average Bonchev–Trinajstić information content (AvgIpc) is 1.50. The van der Waals surface area contributed by atoms with E-state index in [-0.39, 0.29) is 0 Å². The van der Waals surface area contributed by atoms with Gasteiger partial charge in [0.15, 0.2) is 0 Å². The van der Waals surface area contributed by atoms with Crippen LogP contribution in [0, 0.1) is 0 Å². The van der Waals surface area contributed by atoms with Crippen LogP contribution in [0.1, 0.15) is 0 Å². The summed E-state index contributed by atoms with van der Waals surface area (Å²) < 4.78 is 8.00. The summed E-state index contributed by atoms with van der Waals surface area (Å²) in [5, 5.41) is 7.00. The van der Waals surface area contributed by atoms with Crippen molar-refractivity contribution in [3.05, 3.63) is 0 Å². The van der Waals surface area contributed by atoms with Crippen LogP contribution in [0.5, 0.6) is 0 Å². The summed E-state index contributed by atoms with van der Waals surface area (Å²) in [6.45, 7) is 0. The predicted octanol–water partition coefficient (Wildman–Crippen LogP) is -0.513. The van der Waals surface area contributed by atoms with Gasteiger partial charge in [0.1, 0.15) is 0 Å². The summed E-state index contributed by atoms with van der Waals surface area (Å²) >= 11 is 2.00. The molecule has 0 aromatic rings. The van der Waals surface area contributed by atoms with Crippen LogP contribution in [-0.4, -0.2) is 12.2 Å². The monoisotopic (exact) mass is 104 g/mol. The number of rotatable bonds is 0. The van der Waals surface area contributed by atoms with Crippen LogP contribution in [-0.2, 0) is 19.8 Å². The third-order valence-corrected chi connectivity index (χ3v) is 0. The van der Waals surface area contributed by atoms with Crippen LogP contribution in [0.2, 0.25) is 0 Å². The molecule has 0 heterocycles. The van der Waals surface area contributed by atoms with Gasteiger partial charge in [0.2, 0.25) is 0 Å². The van der Waals surface area contributed by atoms with Crippen molar-refractivity contribution in [2.75, 3.05) is 7.11 Å². The van der Waals surface area contributed by atoms with Gasteiger partial charge in [-0.2, -0.15) is 0 Å². The maximum absolute atomic E-state index is 8.00. The van der Waals surface area contributed by atoms with E-state index in [1.54, 1.807) is 0 Å². The molecule has 0 aliphatic heterocycles. The molecule has 3 heteroatoms. The second-order valence-corrected chi connectivity index (χ2v) is 0. The molecular formula is CH4FeO2. The Morgan fingerprint density at radius 2 is 1.50 bits per heavy atom. The predicted molar refractivity (Wildman–Crippen MR) is 8.83 cm³/mol. The summed E-state index contributed by atoms with van der Waals surface area (Å²) in [6, 6.07) is 0. The zero-order chi connectivity index (χ0) is 4.00. The third-order valence-electron chi connectivity index (χ3n) is 0. The van der Waals surface area contributed by atoms with Crippen molar-refractivity contribution in [2.45, 2.75) is 0 Å². The Bertz CT molecular complexity index is 6.00. The van der Waals surface area contributed by atoms with Gasteiger partial charge in [0.05, 0.1) is 0 Å². The normalized spacial score (nSPS) is 2.75. The van der Waals surface area contributed by atoms with E-state index in [0.29, 0.717) is 0 Å². The Labute approximate surface area is 32.8 Å². The molecule has 1 N–H and O–H groups in total. The van der Waals surface area contributed by atoms with Crippen molar-refractivity contribution in [3.8, 4) is 0 Å². The van der Waals surface area contributed by atoms with Gasteiger partial charge in [-0.25, -0.2) is 0 Å². The van der Waals surface area contributed by atoms with Crippen LogP contribution < -0.4 is 0 Å². The molecule has 0 atom stereocenters. The molecule has 0 bridgehead atoms. The number of aliphatic hydroxyl groups excluding tert-OH is 1. The molecule has 2 nitrogen and oxygen atoms in total. The molecule has 0 saturated heterocycles. The molecule has 0 unspecified atom stereocenters. The van der Waals surface area contributed by atoms with Gasteiger partial charge >= 0.3 is 19.8 Å². The standard InChI is InChI=1S/CH4O.Fe.O/c1-2;;/h2H,1H3;;. The van der Waals surface area contributed by atoms with E-state index in [1.807, 2.05) is 15.9 Å². The van der Waals surface area contributed by atoms with E-state index in [4.69, 9.17) is 8.94 Å². The number of hydrogen-bond donors (Lipinski definition) is 1. The fourth-order valence-electron chi connectivity index (χ4n) is 0. The third kappa shape index (κ3) is 47.8. The first-order valence-electron chi connectivity index (χ1n) is 0.592. The van der Waals surface area contributed by atoms with Crippen LogP contribution in [0.25, 0.3) is 0 Å². The second kappa shape index (κ2) is 218. The fourth-order valence-corrected chi connectivity index (χ4v) is 0. The van der Waals surface area contributed by atoms with E-state index in [2.05, 4.69) is 0 Å². The zero-order valence-corrected chi connectivity index (χ0v) is 3.31. The van der Waals surface area contributed by atoms with E-state index in [0.717, 1.165) is 7.11 Å². The van der Waals surface area contributed by atoms with Gasteiger partial charge in [-0.3, -0.25) is 0 Å². The van der Waals surface area contributed by atoms with Crippen LogP contribution in [0.4, 0.5) is 0 Å². The molecule has 0 fully saturated rings. The zero-order valence-electron chi connectivity index (χ0n) is 2.21. The van der Waals surface area contributed by atoms with Crippen LogP contribution in [0.3, 0.4) is 0 Å².